The van der Waals surface area contributed by atoms with Gasteiger partial charge in [0.1, 0.15) is 5.82 Å². The number of nitrogens with one attached hydrogen (secondary N) is 2. The molecule has 0 bridgehead atoms. The number of amidine groups is 1. The summed E-state index contributed by atoms with van der Waals surface area (Å²) in [5.41, 5.74) is 2.46. The Kier molecular flexibility index (Phi) is 4.68. The van der Waals surface area contributed by atoms with Crippen molar-refractivity contribution in [3.05, 3.63) is 34.2 Å². The minimum atomic E-state index is -0.816. The maximum Gasteiger partial charge on any atom is 0.202 e. The number of anilines is 1. The summed E-state index contributed by atoms with van der Waals surface area (Å²) in [5.74, 6) is 0.846. The Morgan fingerprint density at radius 3 is 2.91 bits per heavy atom. The topological polar surface area (TPSA) is 113 Å². The van der Waals surface area contributed by atoms with E-state index in [1.54, 1.807) is 0 Å². The van der Waals surface area contributed by atoms with Crippen LogP contribution in [0.3, 0.4) is 0 Å². The highest BCUT2D eigenvalue weighted by Crippen LogP contribution is 2.23. The molecule has 1 aliphatic heterocycles. The van der Waals surface area contributed by atoms with Gasteiger partial charge in [0.2, 0.25) is 5.82 Å². The maximum absolute atomic E-state index is 13.2. The van der Waals surface area contributed by atoms with Crippen LogP contribution in [0.2, 0.25) is 0 Å². The van der Waals surface area contributed by atoms with E-state index in [0.29, 0.717) is 17.2 Å². The molecular formula is C12H11BrFN5O3S. The zero-order valence-electron chi connectivity index (χ0n) is 11.5. The summed E-state index contributed by atoms with van der Waals surface area (Å²) >= 11 is 3.06. The second kappa shape index (κ2) is 6.72. The van der Waals surface area contributed by atoms with Crippen molar-refractivity contribution in [1.82, 2.24) is 15.8 Å². The van der Waals surface area contributed by atoms with E-state index in [2.05, 4.69) is 41.2 Å². The van der Waals surface area contributed by atoms with Crippen LogP contribution in [0.15, 0.2) is 32.3 Å². The summed E-state index contributed by atoms with van der Waals surface area (Å²) in [4.78, 5) is 4.14. The van der Waals surface area contributed by atoms with E-state index in [1.807, 2.05) is 5.48 Å². The quantitative estimate of drug-likeness (QED) is 0.403. The number of hydroxylamine groups is 1. The molecule has 0 aliphatic carbocycles. The van der Waals surface area contributed by atoms with E-state index in [-0.39, 0.29) is 27.9 Å². The van der Waals surface area contributed by atoms with Crippen LogP contribution in [0.25, 0.3) is 0 Å². The van der Waals surface area contributed by atoms with E-state index in [0.717, 1.165) is 0 Å². The Labute approximate surface area is 140 Å². The molecule has 23 heavy (non-hydrogen) atoms. The van der Waals surface area contributed by atoms with Gasteiger partial charge in [-0.2, -0.15) is 0 Å². The zero-order chi connectivity index (χ0) is 16.4. The number of aliphatic imine (C=N–C) groups is 1. The molecule has 1 aromatic carbocycles. The first kappa shape index (κ1) is 16.0. The number of hydrogen-bond acceptors (Lipinski definition) is 7. The Morgan fingerprint density at radius 1 is 1.48 bits per heavy atom. The van der Waals surface area contributed by atoms with Crippen molar-refractivity contribution in [3.8, 4) is 0 Å². The van der Waals surface area contributed by atoms with Crippen LogP contribution in [0, 0.1) is 5.82 Å². The molecule has 8 nitrogen and oxygen atoms in total. The highest BCUT2D eigenvalue weighted by Gasteiger charge is 2.28. The number of benzene rings is 1. The first-order chi connectivity index (χ1) is 11.1. The van der Waals surface area contributed by atoms with Crippen LogP contribution in [0.1, 0.15) is 5.69 Å². The van der Waals surface area contributed by atoms with E-state index in [9.17, 15) is 13.8 Å². The standard InChI is InChI=1S/C12H11BrFN5O3S/c13-8-3-6(1-2-9(8)14)15-11(17-20)10-12(19-22-18-10)16-7-4-23(21)5-7/h1-3,7,20H,4-5H2,(H,15,17)(H,16,19). The van der Waals surface area contributed by atoms with Gasteiger partial charge < -0.3 is 5.32 Å². The monoisotopic (exact) mass is 403 g/mol. The first-order valence-corrected chi connectivity index (χ1v) is 8.73. The molecule has 3 N–H and O–H groups in total. The van der Waals surface area contributed by atoms with Crippen LogP contribution in [-0.4, -0.2) is 43.1 Å². The third-order valence-electron chi connectivity index (χ3n) is 3.08. The smallest absolute Gasteiger partial charge is 0.202 e. The summed E-state index contributed by atoms with van der Waals surface area (Å²) in [5, 5.41) is 19.7. The Hall–Kier alpha value is -1.85. The minimum absolute atomic E-state index is 0.00129. The number of aromatic nitrogens is 2. The Morgan fingerprint density at radius 2 is 2.26 bits per heavy atom. The second-order valence-electron chi connectivity index (χ2n) is 4.75. The Balaban J connectivity index is 1.85. The number of rotatable bonds is 4. The van der Waals surface area contributed by atoms with Crippen molar-refractivity contribution >= 4 is 44.1 Å². The molecule has 2 aromatic rings. The van der Waals surface area contributed by atoms with Gasteiger partial charge in [-0.3, -0.25) is 14.9 Å². The van der Waals surface area contributed by atoms with Crippen LogP contribution in [-0.2, 0) is 10.8 Å². The molecule has 0 radical (unpaired) electrons. The van der Waals surface area contributed by atoms with Gasteiger partial charge in [-0.15, -0.1) is 0 Å². The first-order valence-electron chi connectivity index (χ1n) is 6.45. The third-order valence-corrected chi connectivity index (χ3v) is 5.23. The number of nitrogens with zero attached hydrogens (tertiary/aromatic N) is 3. The average Bonchev–Trinajstić information content (AvgIpc) is 2.95. The normalized spacial score (nSPS) is 20.9. The van der Waals surface area contributed by atoms with Crippen molar-refractivity contribution in [3.63, 3.8) is 0 Å². The molecule has 0 unspecified atom stereocenters. The van der Waals surface area contributed by atoms with E-state index in [4.69, 9.17) is 0 Å². The lowest BCUT2D eigenvalue weighted by molar-refractivity contribution is 0.234. The van der Waals surface area contributed by atoms with Gasteiger partial charge in [-0.05, 0) is 44.4 Å². The SMILES string of the molecule is O=S1CC(Nc2nonc2C(=Nc2ccc(F)c(Br)c2)NO)C1. The molecule has 0 amide bonds. The Bertz CT molecular complexity index is 776. The second-order valence-corrected chi connectivity index (χ2v) is 7.15. The fourth-order valence-electron chi connectivity index (χ4n) is 1.93. The van der Waals surface area contributed by atoms with Crippen LogP contribution in [0.4, 0.5) is 15.9 Å². The molecule has 2 heterocycles. The van der Waals surface area contributed by atoms with Crippen molar-refractivity contribution in [1.29, 1.82) is 0 Å². The fraction of sp³-hybridized carbons (Fsp3) is 0.250. The zero-order valence-corrected chi connectivity index (χ0v) is 13.9. The van der Waals surface area contributed by atoms with E-state index >= 15 is 0 Å². The maximum atomic E-state index is 13.2. The van der Waals surface area contributed by atoms with E-state index < -0.39 is 16.6 Å². The lowest BCUT2D eigenvalue weighted by Crippen LogP contribution is -2.43. The molecule has 1 aliphatic rings. The molecule has 1 aromatic heterocycles. The van der Waals surface area contributed by atoms with Crippen molar-refractivity contribution in [2.75, 3.05) is 16.8 Å². The van der Waals surface area contributed by atoms with Gasteiger partial charge in [-0.25, -0.2) is 14.0 Å². The molecular weight excluding hydrogens is 393 g/mol. The average molecular weight is 404 g/mol. The van der Waals surface area contributed by atoms with Crippen molar-refractivity contribution in [2.24, 2.45) is 4.99 Å². The van der Waals surface area contributed by atoms with Crippen LogP contribution >= 0.6 is 15.9 Å². The van der Waals surface area contributed by atoms with Gasteiger partial charge in [0.25, 0.3) is 0 Å². The van der Waals surface area contributed by atoms with E-state index in [1.165, 1.54) is 18.2 Å². The van der Waals surface area contributed by atoms with Gasteiger partial charge in [-0.1, -0.05) is 0 Å². The predicted molar refractivity (Wildman–Crippen MR) is 84.8 cm³/mol. The summed E-state index contributed by atoms with van der Waals surface area (Å²) in [6, 6.07) is 4.12. The summed E-state index contributed by atoms with van der Waals surface area (Å²) in [6.45, 7) is 0. The third kappa shape index (κ3) is 3.57. The summed E-state index contributed by atoms with van der Waals surface area (Å²) in [6.07, 6.45) is 0. The van der Waals surface area contributed by atoms with Crippen LogP contribution < -0.4 is 10.8 Å². The van der Waals surface area contributed by atoms with Crippen LogP contribution in [0.5, 0.6) is 0 Å². The van der Waals surface area contributed by atoms with Crippen molar-refractivity contribution < 1.29 is 18.4 Å². The highest BCUT2D eigenvalue weighted by molar-refractivity contribution is 9.10. The molecule has 0 spiro atoms. The molecule has 1 fully saturated rings. The fourth-order valence-corrected chi connectivity index (χ4v) is 3.26. The highest BCUT2D eigenvalue weighted by atomic mass is 79.9. The molecule has 0 atom stereocenters. The molecule has 122 valence electrons. The number of halogens is 2. The molecule has 11 heteroatoms. The van der Waals surface area contributed by atoms with Gasteiger partial charge in [0, 0.05) is 22.3 Å². The lowest BCUT2D eigenvalue weighted by Gasteiger charge is -2.25. The van der Waals surface area contributed by atoms with Crippen molar-refractivity contribution in [2.45, 2.75) is 6.04 Å². The summed E-state index contributed by atoms with van der Waals surface area (Å²) in [7, 11) is -0.816. The molecule has 0 saturated carbocycles. The molecule has 1 saturated heterocycles. The molecule has 3 rings (SSSR count). The van der Waals surface area contributed by atoms with Gasteiger partial charge >= 0.3 is 0 Å². The summed E-state index contributed by atoms with van der Waals surface area (Å²) < 4.78 is 29.3. The number of hydrogen-bond donors (Lipinski definition) is 3. The largest absolute Gasteiger partial charge is 0.361 e. The minimum Gasteiger partial charge on any atom is -0.361 e. The van der Waals surface area contributed by atoms with Gasteiger partial charge in [0.15, 0.2) is 11.5 Å². The predicted octanol–water partition coefficient (Wildman–Crippen LogP) is 1.57. The lowest BCUT2D eigenvalue weighted by atomic mass is 10.3. The van der Waals surface area contributed by atoms with Gasteiger partial charge in [0.05, 0.1) is 16.2 Å².